The zero-order chi connectivity index (χ0) is 20.2. The summed E-state index contributed by atoms with van der Waals surface area (Å²) in [6.45, 7) is 5.78. The van der Waals surface area contributed by atoms with Crippen LogP contribution in [0.3, 0.4) is 0 Å². The van der Waals surface area contributed by atoms with Crippen molar-refractivity contribution in [2.75, 3.05) is 60.3 Å². The van der Waals surface area contributed by atoms with Gasteiger partial charge in [-0.3, -0.25) is 0 Å². The summed E-state index contributed by atoms with van der Waals surface area (Å²) >= 11 is 0. The third kappa shape index (κ3) is 4.59. The standard InChI is InChI=1S/C23H28N6/c1-18-17-22(25-19-9-11-20(12-10-19)27(2)3)26-23(24-18)29-15-13-28(14-16-29)21-7-5-4-6-8-21/h4-12,17H,13-16H2,1-3H3,(H,24,25,26). The summed E-state index contributed by atoms with van der Waals surface area (Å²) in [5.41, 5.74) is 4.44. The zero-order valence-electron chi connectivity index (χ0n) is 17.3. The number of hydrogen-bond donors (Lipinski definition) is 1. The van der Waals surface area contributed by atoms with E-state index in [1.807, 2.05) is 27.1 Å². The average molecular weight is 389 g/mol. The average Bonchev–Trinajstić information content (AvgIpc) is 2.74. The summed E-state index contributed by atoms with van der Waals surface area (Å²) in [4.78, 5) is 16.2. The lowest BCUT2D eigenvalue weighted by molar-refractivity contribution is 0.639. The first-order valence-corrected chi connectivity index (χ1v) is 10.0. The highest BCUT2D eigenvalue weighted by Crippen LogP contribution is 2.23. The van der Waals surface area contributed by atoms with Crippen molar-refractivity contribution in [1.29, 1.82) is 0 Å². The van der Waals surface area contributed by atoms with E-state index in [1.54, 1.807) is 0 Å². The van der Waals surface area contributed by atoms with Gasteiger partial charge in [0.15, 0.2) is 0 Å². The summed E-state index contributed by atoms with van der Waals surface area (Å²) in [6, 6.07) is 20.9. The van der Waals surface area contributed by atoms with Gasteiger partial charge in [-0.25, -0.2) is 4.98 Å². The second-order valence-corrected chi connectivity index (χ2v) is 7.57. The first kappa shape index (κ1) is 19.1. The highest BCUT2D eigenvalue weighted by atomic mass is 15.3. The molecule has 29 heavy (non-hydrogen) atoms. The third-order valence-corrected chi connectivity index (χ3v) is 5.18. The summed E-state index contributed by atoms with van der Waals surface area (Å²) in [5.74, 6) is 1.63. The van der Waals surface area contributed by atoms with Gasteiger partial charge in [-0.1, -0.05) is 18.2 Å². The van der Waals surface area contributed by atoms with E-state index in [9.17, 15) is 0 Å². The summed E-state index contributed by atoms with van der Waals surface area (Å²) in [5, 5.41) is 3.42. The number of aryl methyl sites for hydroxylation is 1. The molecule has 3 aromatic rings. The Bertz CT molecular complexity index is 931. The van der Waals surface area contributed by atoms with Crippen LogP contribution < -0.4 is 20.0 Å². The highest BCUT2D eigenvalue weighted by molar-refractivity contribution is 5.61. The van der Waals surface area contributed by atoms with Gasteiger partial charge in [0.2, 0.25) is 5.95 Å². The van der Waals surface area contributed by atoms with Gasteiger partial charge in [-0.2, -0.15) is 4.98 Å². The Morgan fingerprint density at radius 1 is 0.828 bits per heavy atom. The van der Waals surface area contributed by atoms with Crippen molar-refractivity contribution in [2.24, 2.45) is 0 Å². The molecular formula is C23H28N6. The molecule has 0 spiro atoms. The van der Waals surface area contributed by atoms with Gasteiger partial charge in [-0.05, 0) is 43.3 Å². The summed E-state index contributed by atoms with van der Waals surface area (Å²) in [6.07, 6.45) is 0. The normalized spacial score (nSPS) is 14.0. The number of rotatable bonds is 5. The number of anilines is 5. The molecule has 2 heterocycles. The topological polar surface area (TPSA) is 47.5 Å². The van der Waals surface area contributed by atoms with Crippen LogP contribution in [0.15, 0.2) is 60.7 Å². The van der Waals surface area contributed by atoms with Crippen LogP contribution in [0.1, 0.15) is 5.69 Å². The van der Waals surface area contributed by atoms with Crippen molar-refractivity contribution in [3.63, 3.8) is 0 Å². The van der Waals surface area contributed by atoms with Crippen LogP contribution in [-0.2, 0) is 0 Å². The van der Waals surface area contributed by atoms with Gasteiger partial charge in [-0.15, -0.1) is 0 Å². The molecule has 0 unspecified atom stereocenters. The number of benzene rings is 2. The molecular weight excluding hydrogens is 360 g/mol. The Morgan fingerprint density at radius 2 is 1.48 bits per heavy atom. The maximum absolute atomic E-state index is 4.78. The minimum atomic E-state index is 0.796. The molecule has 0 bridgehead atoms. The van der Waals surface area contributed by atoms with E-state index >= 15 is 0 Å². The Labute approximate surface area is 172 Å². The Kier molecular flexibility index (Phi) is 5.51. The fourth-order valence-corrected chi connectivity index (χ4v) is 3.55. The predicted molar refractivity (Wildman–Crippen MR) is 122 cm³/mol. The van der Waals surface area contributed by atoms with E-state index < -0.39 is 0 Å². The fraction of sp³-hybridized carbons (Fsp3) is 0.304. The summed E-state index contributed by atoms with van der Waals surface area (Å²) < 4.78 is 0. The van der Waals surface area contributed by atoms with Crippen LogP contribution in [0.25, 0.3) is 0 Å². The molecule has 2 aromatic carbocycles. The molecule has 0 saturated carbocycles. The van der Waals surface area contributed by atoms with E-state index in [0.29, 0.717) is 0 Å². The summed E-state index contributed by atoms with van der Waals surface area (Å²) in [7, 11) is 4.08. The van der Waals surface area contributed by atoms with E-state index in [0.717, 1.165) is 49.3 Å². The van der Waals surface area contributed by atoms with Gasteiger partial charge in [0.25, 0.3) is 0 Å². The molecule has 1 N–H and O–H groups in total. The van der Waals surface area contributed by atoms with Crippen LogP contribution in [-0.4, -0.2) is 50.2 Å². The number of hydrogen-bond acceptors (Lipinski definition) is 6. The van der Waals surface area contributed by atoms with E-state index in [2.05, 4.69) is 79.6 Å². The van der Waals surface area contributed by atoms with E-state index in [-0.39, 0.29) is 0 Å². The second-order valence-electron chi connectivity index (χ2n) is 7.57. The van der Waals surface area contributed by atoms with Gasteiger partial charge >= 0.3 is 0 Å². The van der Waals surface area contributed by atoms with Crippen molar-refractivity contribution in [1.82, 2.24) is 9.97 Å². The first-order chi connectivity index (χ1) is 14.1. The van der Waals surface area contributed by atoms with Gasteiger partial charge < -0.3 is 20.0 Å². The zero-order valence-corrected chi connectivity index (χ0v) is 17.3. The molecule has 1 saturated heterocycles. The van der Waals surface area contributed by atoms with Crippen molar-refractivity contribution >= 4 is 28.8 Å². The maximum Gasteiger partial charge on any atom is 0.227 e. The molecule has 6 nitrogen and oxygen atoms in total. The number of nitrogens with one attached hydrogen (secondary N) is 1. The molecule has 1 aliphatic heterocycles. The molecule has 150 valence electrons. The lowest BCUT2D eigenvalue weighted by Gasteiger charge is -2.36. The smallest absolute Gasteiger partial charge is 0.227 e. The highest BCUT2D eigenvalue weighted by Gasteiger charge is 2.20. The van der Waals surface area contributed by atoms with Crippen LogP contribution in [0.4, 0.5) is 28.8 Å². The van der Waals surface area contributed by atoms with Gasteiger partial charge in [0, 0.05) is 69.1 Å². The maximum atomic E-state index is 4.78. The molecule has 6 heteroatoms. The van der Waals surface area contributed by atoms with Crippen molar-refractivity contribution in [3.8, 4) is 0 Å². The van der Waals surface area contributed by atoms with E-state index in [1.165, 1.54) is 11.4 Å². The van der Waals surface area contributed by atoms with Crippen LogP contribution in [0.2, 0.25) is 0 Å². The van der Waals surface area contributed by atoms with Crippen molar-refractivity contribution in [3.05, 3.63) is 66.4 Å². The molecule has 0 radical (unpaired) electrons. The van der Waals surface area contributed by atoms with Crippen molar-refractivity contribution < 1.29 is 0 Å². The fourth-order valence-electron chi connectivity index (χ4n) is 3.55. The van der Waals surface area contributed by atoms with Crippen LogP contribution >= 0.6 is 0 Å². The lowest BCUT2D eigenvalue weighted by Crippen LogP contribution is -2.47. The van der Waals surface area contributed by atoms with Crippen LogP contribution in [0.5, 0.6) is 0 Å². The Hall–Kier alpha value is -3.28. The predicted octanol–water partition coefficient (Wildman–Crippen LogP) is 3.92. The SMILES string of the molecule is Cc1cc(Nc2ccc(N(C)C)cc2)nc(N2CCN(c3ccccc3)CC2)n1. The van der Waals surface area contributed by atoms with E-state index in [4.69, 9.17) is 4.98 Å². The Balaban J connectivity index is 1.44. The molecule has 0 atom stereocenters. The minimum absolute atomic E-state index is 0.796. The molecule has 1 aliphatic rings. The van der Waals surface area contributed by atoms with Crippen LogP contribution in [0, 0.1) is 6.92 Å². The quantitative estimate of drug-likeness (QED) is 0.715. The first-order valence-electron chi connectivity index (χ1n) is 10.0. The minimum Gasteiger partial charge on any atom is -0.378 e. The van der Waals surface area contributed by atoms with Gasteiger partial charge in [0.05, 0.1) is 0 Å². The molecule has 0 amide bonds. The number of para-hydroxylation sites is 1. The second kappa shape index (κ2) is 8.39. The molecule has 1 aromatic heterocycles. The van der Waals surface area contributed by atoms with Crippen molar-refractivity contribution in [2.45, 2.75) is 6.92 Å². The largest absolute Gasteiger partial charge is 0.378 e. The number of aromatic nitrogens is 2. The Morgan fingerprint density at radius 3 is 2.14 bits per heavy atom. The molecule has 1 fully saturated rings. The number of nitrogens with zero attached hydrogens (tertiary/aromatic N) is 5. The number of piperazine rings is 1. The molecule has 4 rings (SSSR count). The monoisotopic (exact) mass is 388 g/mol. The lowest BCUT2D eigenvalue weighted by atomic mass is 10.2. The molecule has 0 aliphatic carbocycles. The van der Waals surface area contributed by atoms with Gasteiger partial charge in [0.1, 0.15) is 5.82 Å². The third-order valence-electron chi connectivity index (χ3n) is 5.18.